The van der Waals surface area contributed by atoms with Gasteiger partial charge in [0.2, 0.25) is 0 Å². The minimum absolute atomic E-state index is 0.145. The van der Waals surface area contributed by atoms with Crippen molar-refractivity contribution in [3.05, 3.63) is 23.3 Å². The van der Waals surface area contributed by atoms with Crippen molar-refractivity contribution in [1.29, 1.82) is 0 Å². The molecule has 0 bridgehead atoms. The van der Waals surface area contributed by atoms with Crippen LogP contribution in [0.25, 0.3) is 0 Å². The van der Waals surface area contributed by atoms with E-state index in [0.717, 1.165) is 30.7 Å². The molecule has 1 aliphatic carbocycles. The lowest BCUT2D eigenvalue weighted by Gasteiger charge is -2.24. The summed E-state index contributed by atoms with van der Waals surface area (Å²) in [6.07, 6.45) is 3.19. The van der Waals surface area contributed by atoms with Gasteiger partial charge in [-0.25, -0.2) is 0 Å². The van der Waals surface area contributed by atoms with E-state index < -0.39 is 0 Å². The van der Waals surface area contributed by atoms with Gasteiger partial charge in [0.1, 0.15) is 5.75 Å². The number of benzene rings is 1. The highest BCUT2D eigenvalue weighted by Gasteiger charge is 2.20. The Morgan fingerprint density at radius 3 is 2.93 bits per heavy atom. The van der Waals surface area contributed by atoms with Gasteiger partial charge in [-0.15, -0.1) is 0 Å². The fraction of sp³-hybridized carbons (Fsp3) is 0.455. The Balaban J connectivity index is 2.52. The molecule has 0 radical (unpaired) electrons. The van der Waals surface area contributed by atoms with Gasteiger partial charge in [0, 0.05) is 6.04 Å². The Bertz CT molecular complexity index is 349. The molecule has 3 nitrogen and oxygen atoms in total. The van der Waals surface area contributed by atoms with Crippen molar-refractivity contribution in [2.75, 3.05) is 12.8 Å². The molecule has 1 aromatic rings. The van der Waals surface area contributed by atoms with E-state index >= 15 is 0 Å². The average Bonchev–Trinajstić information content (AvgIpc) is 2.20. The third-order valence-corrected chi connectivity index (χ3v) is 2.91. The van der Waals surface area contributed by atoms with Crippen molar-refractivity contribution in [2.24, 2.45) is 5.73 Å². The summed E-state index contributed by atoms with van der Waals surface area (Å²) in [5.74, 6) is 0.762. The van der Waals surface area contributed by atoms with Crippen LogP contribution < -0.4 is 16.2 Å². The number of rotatable bonds is 1. The molecule has 0 spiro atoms. The number of hydrogen-bond acceptors (Lipinski definition) is 3. The smallest absolute Gasteiger partial charge is 0.142 e. The molecule has 2 rings (SSSR count). The predicted octanol–water partition coefficient (Wildman–Crippen LogP) is 1.61. The third kappa shape index (κ3) is 1.34. The van der Waals surface area contributed by atoms with E-state index in [4.69, 9.17) is 16.2 Å². The first-order chi connectivity index (χ1) is 6.74. The zero-order chi connectivity index (χ0) is 10.1. The molecule has 4 N–H and O–H groups in total. The summed E-state index contributed by atoms with van der Waals surface area (Å²) in [7, 11) is 1.64. The highest BCUT2D eigenvalue weighted by Crippen LogP contribution is 2.36. The summed E-state index contributed by atoms with van der Waals surface area (Å²) in [5.41, 5.74) is 15.1. The first kappa shape index (κ1) is 9.34. The van der Waals surface area contributed by atoms with Gasteiger partial charge in [-0.2, -0.15) is 0 Å². The number of anilines is 1. The summed E-state index contributed by atoms with van der Waals surface area (Å²) in [6.45, 7) is 0. The van der Waals surface area contributed by atoms with E-state index in [1.807, 2.05) is 12.1 Å². The molecule has 76 valence electrons. The molecular weight excluding hydrogens is 176 g/mol. The zero-order valence-corrected chi connectivity index (χ0v) is 8.42. The Hall–Kier alpha value is -1.22. The summed E-state index contributed by atoms with van der Waals surface area (Å²) in [4.78, 5) is 0. The van der Waals surface area contributed by atoms with Crippen molar-refractivity contribution in [1.82, 2.24) is 0 Å². The largest absolute Gasteiger partial charge is 0.495 e. The Labute approximate surface area is 84.0 Å². The van der Waals surface area contributed by atoms with Gasteiger partial charge in [-0.1, -0.05) is 6.07 Å². The Morgan fingerprint density at radius 2 is 2.21 bits per heavy atom. The maximum atomic E-state index is 6.01. The van der Waals surface area contributed by atoms with Crippen LogP contribution in [0.3, 0.4) is 0 Å². The van der Waals surface area contributed by atoms with Crippen molar-refractivity contribution in [2.45, 2.75) is 25.3 Å². The molecule has 1 atom stereocenters. The monoisotopic (exact) mass is 192 g/mol. The van der Waals surface area contributed by atoms with Crippen molar-refractivity contribution in [3.63, 3.8) is 0 Å². The Kier molecular flexibility index (Phi) is 2.33. The van der Waals surface area contributed by atoms with Crippen LogP contribution in [-0.4, -0.2) is 7.11 Å². The maximum Gasteiger partial charge on any atom is 0.142 e. The molecule has 0 fully saturated rings. The number of hydrogen-bond donors (Lipinski definition) is 2. The first-order valence-electron chi connectivity index (χ1n) is 4.95. The summed E-state index contributed by atoms with van der Waals surface area (Å²) < 4.78 is 5.18. The summed E-state index contributed by atoms with van der Waals surface area (Å²) >= 11 is 0. The second-order valence-corrected chi connectivity index (χ2v) is 3.75. The minimum Gasteiger partial charge on any atom is -0.495 e. The number of ether oxygens (including phenoxy) is 1. The molecule has 14 heavy (non-hydrogen) atoms. The summed E-state index contributed by atoms with van der Waals surface area (Å²) in [6, 6.07) is 4.08. The van der Waals surface area contributed by atoms with E-state index in [9.17, 15) is 0 Å². The second kappa shape index (κ2) is 3.50. The van der Waals surface area contributed by atoms with Crippen LogP contribution in [0.4, 0.5) is 5.69 Å². The van der Waals surface area contributed by atoms with Gasteiger partial charge in [0.25, 0.3) is 0 Å². The molecule has 1 aromatic carbocycles. The van der Waals surface area contributed by atoms with Crippen LogP contribution in [0.1, 0.15) is 30.0 Å². The van der Waals surface area contributed by atoms with Gasteiger partial charge in [-0.05, 0) is 36.5 Å². The highest BCUT2D eigenvalue weighted by atomic mass is 16.5. The molecule has 0 saturated heterocycles. The third-order valence-electron chi connectivity index (χ3n) is 2.91. The van der Waals surface area contributed by atoms with Gasteiger partial charge < -0.3 is 16.2 Å². The van der Waals surface area contributed by atoms with Crippen LogP contribution >= 0.6 is 0 Å². The molecule has 0 unspecified atom stereocenters. The lowest BCUT2D eigenvalue weighted by molar-refractivity contribution is 0.415. The van der Waals surface area contributed by atoms with Crippen molar-refractivity contribution < 1.29 is 4.74 Å². The fourth-order valence-corrected chi connectivity index (χ4v) is 2.12. The molecule has 1 aliphatic rings. The predicted molar refractivity (Wildman–Crippen MR) is 57.3 cm³/mol. The lowest BCUT2D eigenvalue weighted by Crippen LogP contribution is -2.18. The van der Waals surface area contributed by atoms with E-state index in [2.05, 4.69) is 0 Å². The second-order valence-electron chi connectivity index (χ2n) is 3.75. The van der Waals surface area contributed by atoms with E-state index in [-0.39, 0.29) is 6.04 Å². The van der Waals surface area contributed by atoms with E-state index in [0.29, 0.717) is 0 Å². The Morgan fingerprint density at radius 1 is 1.43 bits per heavy atom. The molecule has 3 heteroatoms. The SMILES string of the molecule is COc1ccc2c(c1N)CCC[C@@H]2N. The van der Waals surface area contributed by atoms with Crippen LogP contribution in [0.15, 0.2) is 12.1 Å². The molecule has 0 amide bonds. The number of fused-ring (bicyclic) bond motifs is 1. The zero-order valence-electron chi connectivity index (χ0n) is 8.42. The average molecular weight is 192 g/mol. The van der Waals surface area contributed by atoms with E-state index in [1.54, 1.807) is 7.11 Å². The number of nitrogen functional groups attached to an aromatic ring is 1. The molecule has 0 heterocycles. The van der Waals surface area contributed by atoms with Gasteiger partial charge in [-0.3, -0.25) is 0 Å². The normalized spacial score (nSPS) is 20.3. The quantitative estimate of drug-likeness (QED) is 0.664. The molecular formula is C11H16N2O. The number of nitrogens with two attached hydrogens (primary N) is 2. The van der Waals surface area contributed by atoms with Gasteiger partial charge in [0.05, 0.1) is 12.8 Å². The van der Waals surface area contributed by atoms with Crippen LogP contribution in [0.5, 0.6) is 5.75 Å². The topological polar surface area (TPSA) is 61.3 Å². The summed E-state index contributed by atoms with van der Waals surface area (Å²) in [5, 5.41) is 0. The van der Waals surface area contributed by atoms with E-state index in [1.165, 1.54) is 11.1 Å². The molecule has 0 aliphatic heterocycles. The van der Waals surface area contributed by atoms with Crippen LogP contribution in [0, 0.1) is 0 Å². The molecule has 0 aromatic heterocycles. The van der Waals surface area contributed by atoms with Crippen molar-refractivity contribution in [3.8, 4) is 5.75 Å². The standard InChI is InChI=1S/C11H16N2O/c1-14-10-6-5-7-8(11(10)13)3-2-4-9(7)12/h5-6,9H,2-4,12-13H2,1H3/t9-/m0/s1. The number of methoxy groups -OCH3 is 1. The minimum atomic E-state index is 0.145. The fourth-order valence-electron chi connectivity index (χ4n) is 2.12. The highest BCUT2D eigenvalue weighted by molar-refractivity contribution is 5.62. The maximum absolute atomic E-state index is 6.01. The first-order valence-corrected chi connectivity index (χ1v) is 4.95. The van der Waals surface area contributed by atoms with Gasteiger partial charge >= 0.3 is 0 Å². The van der Waals surface area contributed by atoms with Crippen LogP contribution in [-0.2, 0) is 6.42 Å². The lowest BCUT2D eigenvalue weighted by atomic mass is 9.87. The molecule has 0 saturated carbocycles. The van der Waals surface area contributed by atoms with Gasteiger partial charge in [0.15, 0.2) is 0 Å². The van der Waals surface area contributed by atoms with Crippen LogP contribution in [0.2, 0.25) is 0 Å². The van der Waals surface area contributed by atoms with Crippen molar-refractivity contribution >= 4 is 5.69 Å².